The van der Waals surface area contributed by atoms with Crippen LogP contribution >= 0.6 is 11.3 Å². The number of thiophene rings is 1. The normalized spacial score (nSPS) is 22.6. The summed E-state index contributed by atoms with van der Waals surface area (Å²) >= 11 is 1.87. The van der Waals surface area contributed by atoms with Gasteiger partial charge in [0.1, 0.15) is 0 Å². The van der Waals surface area contributed by atoms with Crippen molar-refractivity contribution in [3.05, 3.63) is 28.5 Å². The third-order valence-electron chi connectivity index (χ3n) is 3.47. The Morgan fingerprint density at radius 1 is 1.33 bits per heavy atom. The first-order valence-electron chi connectivity index (χ1n) is 5.80. The third-order valence-corrected chi connectivity index (χ3v) is 4.42. The Balaban J connectivity index is 2.07. The van der Waals surface area contributed by atoms with Gasteiger partial charge >= 0.3 is 0 Å². The molecule has 1 atom stereocenters. The predicted octanol–water partition coefficient (Wildman–Crippen LogP) is 4.98. The summed E-state index contributed by atoms with van der Waals surface area (Å²) < 4.78 is 0. The highest BCUT2D eigenvalue weighted by molar-refractivity contribution is 7.11. The van der Waals surface area contributed by atoms with Gasteiger partial charge in [0.2, 0.25) is 0 Å². The zero-order valence-corrected chi connectivity index (χ0v) is 10.7. The molecule has 1 aromatic rings. The van der Waals surface area contributed by atoms with Crippen molar-refractivity contribution in [2.24, 2.45) is 11.3 Å². The molecule has 0 saturated heterocycles. The van der Waals surface area contributed by atoms with Crippen LogP contribution < -0.4 is 0 Å². The van der Waals surface area contributed by atoms with Crippen molar-refractivity contribution in [3.63, 3.8) is 0 Å². The Bertz CT molecular complexity index is 338. The molecule has 0 amide bonds. The smallest absolute Gasteiger partial charge is 0.0299 e. The lowest BCUT2D eigenvalue weighted by molar-refractivity contribution is 0.225. The van der Waals surface area contributed by atoms with Crippen LogP contribution in [-0.2, 0) is 0 Å². The average Bonchev–Trinajstić information content (AvgIpc) is 2.69. The molecule has 1 heterocycles. The van der Waals surface area contributed by atoms with Crippen LogP contribution in [0.4, 0.5) is 0 Å². The minimum atomic E-state index is 0.470. The molecule has 2 rings (SSSR count). The fourth-order valence-corrected chi connectivity index (χ4v) is 3.10. The number of allylic oxidation sites excluding steroid dienone is 2. The second-order valence-electron chi connectivity index (χ2n) is 5.54. The molecule has 0 radical (unpaired) electrons. The van der Waals surface area contributed by atoms with Gasteiger partial charge < -0.3 is 0 Å². The van der Waals surface area contributed by atoms with Crippen molar-refractivity contribution in [3.8, 4) is 0 Å². The van der Waals surface area contributed by atoms with Crippen molar-refractivity contribution in [2.45, 2.75) is 40.0 Å². The summed E-state index contributed by atoms with van der Waals surface area (Å²) in [5.41, 5.74) is 2.04. The van der Waals surface area contributed by atoms with E-state index in [1.54, 1.807) is 5.57 Å². The van der Waals surface area contributed by atoms with E-state index in [9.17, 15) is 0 Å². The van der Waals surface area contributed by atoms with Crippen LogP contribution in [0.25, 0.3) is 5.57 Å². The highest BCUT2D eigenvalue weighted by atomic mass is 32.1. The fourth-order valence-electron chi connectivity index (χ4n) is 2.31. The van der Waals surface area contributed by atoms with Crippen LogP contribution in [0.3, 0.4) is 0 Å². The number of hydrogen-bond acceptors (Lipinski definition) is 1. The molecule has 82 valence electrons. The van der Waals surface area contributed by atoms with E-state index in [1.807, 2.05) is 11.3 Å². The first-order chi connectivity index (χ1) is 7.07. The molecular formula is C14H20S. The lowest BCUT2D eigenvalue weighted by atomic mass is 9.73. The van der Waals surface area contributed by atoms with E-state index in [2.05, 4.69) is 44.4 Å². The second-order valence-corrected chi connectivity index (χ2v) is 6.49. The predicted molar refractivity (Wildman–Crippen MR) is 69.1 cm³/mol. The van der Waals surface area contributed by atoms with Gasteiger partial charge in [0.15, 0.2) is 0 Å². The van der Waals surface area contributed by atoms with Gasteiger partial charge in [-0.15, -0.1) is 11.3 Å². The molecule has 15 heavy (non-hydrogen) atoms. The van der Waals surface area contributed by atoms with E-state index < -0.39 is 0 Å². The topological polar surface area (TPSA) is 0 Å². The van der Waals surface area contributed by atoms with E-state index in [-0.39, 0.29) is 0 Å². The fraction of sp³-hybridized carbons (Fsp3) is 0.571. The maximum atomic E-state index is 2.46. The van der Waals surface area contributed by atoms with Crippen LogP contribution in [0.2, 0.25) is 0 Å². The molecule has 0 aromatic carbocycles. The SMILES string of the molecule is CC(C)(C)C1CC=C(c2cccs2)CC1. The molecule has 0 aliphatic heterocycles. The quantitative estimate of drug-likeness (QED) is 0.626. The number of rotatable bonds is 1. The standard InChI is InChI=1S/C14H20S/c1-14(2,3)12-8-6-11(7-9-12)13-5-4-10-15-13/h4-6,10,12H,7-9H2,1-3H3. The second kappa shape index (κ2) is 4.13. The zero-order valence-electron chi connectivity index (χ0n) is 9.92. The minimum Gasteiger partial charge on any atom is -0.144 e. The average molecular weight is 220 g/mol. The van der Waals surface area contributed by atoms with Crippen LogP contribution in [0.5, 0.6) is 0 Å². The van der Waals surface area contributed by atoms with Crippen molar-refractivity contribution in [2.75, 3.05) is 0 Å². The Hall–Kier alpha value is -0.560. The number of hydrogen-bond donors (Lipinski definition) is 0. The summed E-state index contributed by atoms with van der Waals surface area (Å²) in [6.45, 7) is 7.09. The molecule has 1 aromatic heterocycles. The van der Waals surface area contributed by atoms with Crippen molar-refractivity contribution in [1.82, 2.24) is 0 Å². The van der Waals surface area contributed by atoms with Crippen molar-refractivity contribution < 1.29 is 0 Å². The summed E-state index contributed by atoms with van der Waals surface area (Å²) in [6, 6.07) is 4.39. The molecule has 0 saturated carbocycles. The minimum absolute atomic E-state index is 0.470. The Kier molecular flexibility index (Phi) is 3.01. The maximum absolute atomic E-state index is 2.46. The van der Waals surface area contributed by atoms with E-state index >= 15 is 0 Å². The van der Waals surface area contributed by atoms with Gasteiger partial charge in [0.25, 0.3) is 0 Å². The summed E-state index contributed by atoms with van der Waals surface area (Å²) in [4.78, 5) is 1.47. The van der Waals surface area contributed by atoms with Gasteiger partial charge in [-0.3, -0.25) is 0 Å². The van der Waals surface area contributed by atoms with Gasteiger partial charge in [0.05, 0.1) is 0 Å². The molecule has 1 heteroatoms. The highest BCUT2D eigenvalue weighted by Gasteiger charge is 2.26. The Labute approximate surface area is 97.0 Å². The first kappa shape index (κ1) is 10.9. The van der Waals surface area contributed by atoms with Gasteiger partial charge in [-0.25, -0.2) is 0 Å². The molecule has 1 aliphatic rings. The third kappa shape index (κ3) is 2.52. The molecule has 0 fully saturated rings. The molecular weight excluding hydrogens is 200 g/mol. The molecule has 0 spiro atoms. The first-order valence-corrected chi connectivity index (χ1v) is 6.68. The van der Waals surface area contributed by atoms with Gasteiger partial charge in [-0.05, 0) is 47.6 Å². The van der Waals surface area contributed by atoms with Crippen LogP contribution in [0.15, 0.2) is 23.6 Å². The molecule has 1 unspecified atom stereocenters. The summed E-state index contributed by atoms with van der Waals surface area (Å²) in [5.74, 6) is 0.862. The molecule has 1 aliphatic carbocycles. The van der Waals surface area contributed by atoms with Gasteiger partial charge in [-0.1, -0.05) is 32.9 Å². The van der Waals surface area contributed by atoms with E-state index in [0.29, 0.717) is 5.41 Å². The van der Waals surface area contributed by atoms with E-state index in [0.717, 1.165) is 5.92 Å². The highest BCUT2D eigenvalue weighted by Crippen LogP contribution is 2.40. The van der Waals surface area contributed by atoms with Crippen molar-refractivity contribution in [1.29, 1.82) is 0 Å². The molecule has 0 nitrogen and oxygen atoms in total. The summed E-state index contributed by atoms with van der Waals surface area (Å²) in [7, 11) is 0. The van der Waals surface area contributed by atoms with Crippen LogP contribution in [-0.4, -0.2) is 0 Å². The van der Waals surface area contributed by atoms with Crippen LogP contribution in [0, 0.1) is 11.3 Å². The largest absolute Gasteiger partial charge is 0.144 e. The summed E-state index contributed by atoms with van der Waals surface area (Å²) in [5, 5.41) is 2.17. The zero-order chi connectivity index (χ0) is 10.9. The lowest BCUT2D eigenvalue weighted by Gasteiger charge is -2.33. The van der Waals surface area contributed by atoms with E-state index in [1.165, 1.54) is 24.1 Å². The Morgan fingerprint density at radius 2 is 2.13 bits per heavy atom. The van der Waals surface area contributed by atoms with Crippen LogP contribution in [0.1, 0.15) is 44.9 Å². The van der Waals surface area contributed by atoms with E-state index in [4.69, 9.17) is 0 Å². The van der Waals surface area contributed by atoms with Gasteiger partial charge in [0, 0.05) is 4.88 Å². The maximum Gasteiger partial charge on any atom is 0.0299 e. The van der Waals surface area contributed by atoms with Crippen molar-refractivity contribution >= 4 is 16.9 Å². The molecule has 0 N–H and O–H groups in total. The Morgan fingerprint density at radius 3 is 2.60 bits per heavy atom. The summed E-state index contributed by atoms with van der Waals surface area (Å²) in [6.07, 6.45) is 6.34. The molecule has 0 bridgehead atoms. The van der Waals surface area contributed by atoms with Gasteiger partial charge in [-0.2, -0.15) is 0 Å². The lowest BCUT2D eigenvalue weighted by Crippen LogP contribution is -2.21. The monoisotopic (exact) mass is 220 g/mol.